The van der Waals surface area contributed by atoms with Crippen molar-refractivity contribution in [1.29, 1.82) is 0 Å². The largest absolute Gasteiger partial charge is 0.418 e. The summed E-state index contributed by atoms with van der Waals surface area (Å²) in [5.74, 6) is -1.07. The van der Waals surface area contributed by atoms with Crippen molar-refractivity contribution in [3.05, 3.63) is 71.3 Å². The molecule has 32 heavy (non-hydrogen) atoms. The maximum atomic E-state index is 13.2. The Bertz CT molecular complexity index is 1090. The first-order chi connectivity index (χ1) is 15.1. The van der Waals surface area contributed by atoms with Crippen LogP contribution in [0.5, 0.6) is 0 Å². The van der Waals surface area contributed by atoms with Gasteiger partial charge < -0.3 is 5.32 Å². The van der Waals surface area contributed by atoms with Crippen molar-refractivity contribution in [2.24, 2.45) is 4.99 Å². The van der Waals surface area contributed by atoms with Gasteiger partial charge in [0.05, 0.1) is 16.9 Å². The molecule has 0 saturated carbocycles. The molecule has 10 heteroatoms. The number of halogens is 4. The Kier molecular flexibility index (Phi) is 7.30. The minimum atomic E-state index is -4.61. The van der Waals surface area contributed by atoms with Gasteiger partial charge >= 0.3 is 6.18 Å². The third-order valence-electron chi connectivity index (χ3n) is 4.59. The summed E-state index contributed by atoms with van der Waals surface area (Å²) >= 11 is 7.21. The smallest absolute Gasteiger partial charge is 0.325 e. The highest BCUT2D eigenvalue weighted by Crippen LogP contribution is 2.36. The molecule has 0 bridgehead atoms. The van der Waals surface area contributed by atoms with E-state index in [-0.39, 0.29) is 24.6 Å². The highest BCUT2D eigenvalue weighted by molar-refractivity contribution is 8.15. The van der Waals surface area contributed by atoms with E-state index in [1.807, 2.05) is 6.92 Å². The quantitative estimate of drug-likeness (QED) is 0.529. The Labute approximate surface area is 192 Å². The van der Waals surface area contributed by atoms with Gasteiger partial charge in [0.25, 0.3) is 0 Å². The number of aliphatic imine (C=N–C) groups is 1. The Morgan fingerprint density at radius 1 is 1.31 bits per heavy atom. The van der Waals surface area contributed by atoms with Crippen LogP contribution in [0, 0.1) is 6.92 Å². The first kappa shape index (κ1) is 23.9. The van der Waals surface area contributed by atoms with Gasteiger partial charge in [-0.1, -0.05) is 47.6 Å². The Morgan fingerprint density at radius 2 is 2.03 bits per heavy atom. The third-order valence-corrected chi connectivity index (χ3v) is 6.17. The number of amidine groups is 1. The van der Waals surface area contributed by atoms with Crippen LogP contribution in [0.25, 0.3) is 0 Å². The molecule has 1 N–H and O–H groups in total. The number of nitrogens with zero attached hydrogens (tertiary/aromatic N) is 2. The van der Waals surface area contributed by atoms with Gasteiger partial charge in [0.15, 0.2) is 5.17 Å². The summed E-state index contributed by atoms with van der Waals surface area (Å²) in [4.78, 5) is 31.1. The van der Waals surface area contributed by atoms with Crippen molar-refractivity contribution in [3.63, 3.8) is 0 Å². The second-order valence-electron chi connectivity index (χ2n) is 6.97. The number of nitrogens with one attached hydrogen (secondary N) is 1. The zero-order valence-corrected chi connectivity index (χ0v) is 18.5. The first-order valence-electron chi connectivity index (χ1n) is 9.50. The number of anilines is 1. The van der Waals surface area contributed by atoms with Gasteiger partial charge in [0.1, 0.15) is 5.25 Å². The van der Waals surface area contributed by atoms with Crippen LogP contribution in [0.4, 0.5) is 24.5 Å². The van der Waals surface area contributed by atoms with Gasteiger partial charge in [0.2, 0.25) is 11.8 Å². The zero-order chi connectivity index (χ0) is 23.5. The van der Waals surface area contributed by atoms with Gasteiger partial charge in [-0.25, -0.2) is 4.99 Å². The standard InChI is InChI=1S/C22H19ClF3N3O2S/c1-3-10-29-20(31)18(32-21(29)27-14-9-8-13(2)16(23)11-14)12-19(30)28-17-7-5-4-6-15(17)22(24,25)26/h3-9,11,18H,1,10,12H2,2H3,(H,28,30)/t18-/m1/s1. The van der Waals surface area contributed by atoms with E-state index in [4.69, 9.17) is 11.6 Å². The molecule has 0 radical (unpaired) electrons. The van der Waals surface area contributed by atoms with Gasteiger partial charge in [-0.2, -0.15) is 13.2 Å². The fourth-order valence-corrected chi connectivity index (χ4v) is 4.33. The van der Waals surface area contributed by atoms with E-state index in [1.54, 1.807) is 18.2 Å². The lowest BCUT2D eigenvalue weighted by molar-refractivity contribution is -0.137. The van der Waals surface area contributed by atoms with E-state index in [0.29, 0.717) is 15.9 Å². The lowest BCUT2D eigenvalue weighted by Crippen LogP contribution is -2.33. The number of benzene rings is 2. The predicted octanol–water partition coefficient (Wildman–Crippen LogP) is 5.81. The highest BCUT2D eigenvalue weighted by Gasteiger charge is 2.39. The van der Waals surface area contributed by atoms with E-state index in [0.717, 1.165) is 23.4 Å². The van der Waals surface area contributed by atoms with Crippen LogP contribution in [-0.2, 0) is 15.8 Å². The minimum Gasteiger partial charge on any atom is -0.325 e. The van der Waals surface area contributed by atoms with Crippen LogP contribution in [0.2, 0.25) is 5.02 Å². The van der Waals surface area contributed by atoms with Crippen LogP contribution in [0.3, 0.4) is 0 Å². The fraction of sp³-hybridized carbons (Fsp3) is 0.227. The molecule has 3 rings (SSSR count). The fourth-order valence-electron chi connectivity index (χ4n) is 2.99. The monoisotopic (exact) mass is 481 g/mol. The van der Waals surface area contributed by atoms with E-state index < -0.39 is 22.9 Å². The zero-order valence-electron chi connectivity index (χ0n) is 16.9. The lowest BCUT2D eigenvalue weighted by Gasteiger charge is -2.15. The maximum Gasteiger partial charge on any atom is 0.418 e. The molecule has 1 fully saturated rings. The van der Waals surface area contributed by atoms with Crippen LogP contribution in [0.1, 0.15) is 17.5 Å². The molecule has 2 aromatic rings. The molecule has 2 aromatic carbocycles. The van der Waals surface area contributed by atoms with Crippen LogP contribution < -0.4 is 5.32 Å². The van der Waals surface area contributed by atoms with Gasteiger partial charge in [-0.05, 0) is 36.8 Å². The maximum absolute atomic E-state index is 13.2. The van der Waals surface area contributed by atoms with Crippen molar-refractivity contribution in [1.82, 2.24) is 4.90 Å². The molecular weight excluding hydrogens is 463 g/mol. The SMILES string of the molecule is C=CCN1C(=O)[C@@H](CC(=O)Nc2ccccc2C(F)(F)F)SC1=Nc1ccc(C)c(Cl)c1. The predicted molar refractivity (Wildman–Crippen MR) is 121 cm³/mol. The Balaban J connectivity index is 1.78. The molecule has 1 atom stereocenters. The number of hydrogen-bond acceptors (Lipinski definition) is 4. The highest BCUT2D eigenvalue weighted by atomic mass is 35.5. The normalized spacial score (nSPS) is 17.7. The molecular formula is C22H19ClF3N3O2S. The molecule has 1 aliphatic rings. The van der Waals surface area contributed by atoms with E-state index in [2.05, 4.69) is 16.9 Å². The third kappa shape index (κ3) is 5.52. The Morgan fingerprint density at radius 3 is 2.69 bits per heavy atom. The summed E-state index contributed by atoms with van der Waals surface area (Å²) in [7, 11) is 0. The van der Waals surface area contributed by atoms with E-state index in [9.17, 15) is 22.8 Å². The molecule has 0 unspecified atom stereocenters. The molecule has 168 valence electrons. The molecule has 1 saturated heterocycles. The second kappa shape index (κ2) is 9.79. The topological polar surface area (TPSA) is 61.8 Å². The lowest BCUT2D eigenvalue weighted by atomic mass is 10.1. The average molecular weight is 482 g/mol. The van der Waals surface area contributed by atoms with Crippen LogP contribution in [0.15, 0.2) is 60.1 Å². The van der Waals surface area contributed by atoms with E-state index in [1.165, 1.54) is 29.2 Å². The van der Waals surface area contributed by atoms with Crippen molar-refractivity contribution < 1.29 is 22.8 Å². The summed E-state index contributed by atoms with van der Waals surface area (Å²) in [6.07, 6.45) is -3.40. The van der Waals surface area contributed by atoms with Crippen molar-refractivity contribution in [2.75, 3.05) is 11.9 Å². The van der Waals surface area contributed by atoms with E-state index >= 15 is 0 Å². The van der Waals surface area contributed by atoms with Crippen LogP contribution in [-0.4, -0.2) is 33.7 Å². The van der Waals surface area contributed by atoms with Crippen LogP contribution >= 0.6 is 23.4 Å². The number of para-hydroxylation sites is 1. The minimum absolute atomic E-state index is 0.180. The van der Waals surface area contributed by atoms with Crippen molar-refractivity contribution in [2.45, 2.75) is 24.8 Å². The number of thioether (sulfide) groups is 1. The summed E-state index contributed by atoms with van der Waals surface area (Å²) in [6, 6.07) is 9.89. The van der Waals surface area contributed by atoms with Gasteiger partial charge in [-0.15, -0.1) is 6.58 Å². The van der Waals surface area contributed by atoms with Crippen molar-refractivity contribution in [3.8, 4) is 0 Å². The number of hydrogen-bond donors (Lipinski definition) is 1. The molecule has 5 nitrogen and oxygen atoms in total. The number of aryl methyl sites for hydroxylation is 1. The molecule has 1 aliphatic heterocycles. The molecule has 0 aromatic heterocycles. The van der Waals surface area contributed by atoms with Gasteiger partial charge in [0, 0.05) is 18.0 Å². The number of carbonyl (C=O) groups is 2. The number of amides is 2. The van der Waals surface area contributed by atoms with Gasteiger partial charge in [-0.3, -0.25) is 14.5 Å². The number of carbonyl (C=O) groups excluding carboxylic acids is 2. The number of alkyl halides is 3. The summed E-state index contributed by atoms with van der Waals surface area (Å²) < 4.78 is 39.5. The second-order valence-corrected chi connectivity index (χ2v) is 8.54. The number of rotatable bonds is 6. The van der Waals surface area contributed by atoms with Crippen molar-refractivity contribution >= 4 is 51.7 Å². The molecule has 0 spiro atoms. The first-order valence-corrected chi connectivity index (χ1v) is 10.8. The summed E-state index contributed by atoms with van der Waals surface area (Å²) in [5.41, 5.74) is 0.105. The average Bonchev–Trinajstić information content (AvgIpc) is 2.99. The summed E-state index contributed by atoms with van der Waals surface area (Å²) in [5, 5.41) is 2.33. The molecule has 0 aliphatic carbocycles. The molecule has 2 amide bonds. The Hall–Kier alpha value is -2.78. The summed E-state index contributed by atoms with van der Waals surface area (Å²) in [6.45, 7) is 5.66. The molecule has 1 heterocycles.